The molecule has 2 aromatic rings. The fraction of sp³-hybridized carbons (Fsp3) is 0.316. The molecule has 0 N–H and O–H groups in total. The first-order valence-electron chi connectivity index (χ1n) is 7.87. The van der Waals surface area contributed by atoms with E-state index < -0.39 is 0 Å². The summed E-state index contributed by atoms with van der Waals surface area (Å²) < 4.78 is 10.8. The number of benzene rings is 2. The van der Waals surface area contributed by atoms with Gasteiger partial charge in [-0.2, -0.15) is 0 Å². The monoisotopic (exact) mass is 328 g/mol. The van der Waals surface area contributed by atoms with Gasteiger partial charge in [-0.1, -0.05) is 18.2 Å². The van der Waals surface area contributed by atoms with Gasteiger partial charge in [-0.05, 0) is 43.4 Å². The van der Waals surface area contributed by atoms with Gasteiger partial charge in [0, 0.05) is 19.3 Å². The maximum Gasteiger partial charge on any atom is 0.240 e. The number of carbonyl (C=O) groups excluding carboxylic acids is 1. The van der Waals surface area contributed by atoms with Crippen molar-refractivity contribution in [3.63, 3.8) is 0 Å². The predicted octanol–water partition coefficient (Wildman–Crippen LogP) is 2.67. The molecule has 0 aromatic heterocycles. The standard InChI is InChI=1S/C19H24N2O3/c1-20(13-14-24-18-11-9-17(23-3)10-12-18)15-19(22)21(2)16-7-5-4-6-8-16/h4-12H,13-15H2,1-3H3. The SMILES string of the molecule is COc1ccc(OCCN(C)CC(=O)N(C)c2ccccc2)cc1. The summed E-state index contributed by atoms with van der Waals surface area (Å²) in [5.41, 5.74) is 0.894. The normalized spacial score (nSPS) is 10.5. The Hall–Kier alpha value is -2.53. The number of methoxy groups -OCH3 is 1. The van der Waals surface area contributed by atoms with Gasteiger partial charge in [0.05, 0.1) is 13.7 Å². The van der Waals surface area contributed by atoms with Crippen LogP contribution in [0.5, 0.6) is 11.5 Å². The van der Waals surface area contributed by atoms with Crippen molar-refractivity contribution in [1.82, 2.24) is 4.90 Å². The number of anilines is 1. The largest absolute Gasteiger partial charge is 0.497 e. The summed E-state index contributed by atoms with van der Waals surface area (Å²) in [4.78, 5) is 15.9. The Labute approximate surface area is 143 Å². The van der Waals surface area contributed by atoms with Crippen molar-refractivity contribution in [3.8, 4) is 11.5 Å². The van der Waals surface area contributed by atoms with Crippen LogP contribution in [0.1, 0.15) is 0 Å². The zero-order chi connectivity index (χ0) is 17.4. The van der Waals surface area contributed by atoms with Crippen LogP contribution in [0.25, 0.3) is 0 Å². The molecule has 2 rings (SSSR count). The second-order valence-electron chi connectivity index (χ2n) is 5.55. The van der Waals surface area contributed by atoms with Gasteiger partial charge in [0.25, 0.3) is 0 Å². The van der Waals surface area contributed by atoms with Gasteiger partial charge in [-0.25, -0.2) is 0 Å². The molecule has 5 heteroatoms. The summed E-state index contributed by atoms with van der Waals surface area (Å²) in [7, 11) is 5.34. The molecule has 24 heavy (non-hydrogen) atoms. The zero-order valence-corrected chi connectivity index (χ0v) is 14.4. The summed E-state index contributed by atoms with van der Waals surface area (Å²) >= 11 is 0. The number of nitrogens with zero attached hydrogens (tertiary/aromatic N) is 2. The lowest BCUT2D eigenvalue weighted by atomic mass is 10.3. The van der Waals surface area contributed by atoms with Crippen LogP contribution in [-0.2, 0) is 4.79 Å². The summed E-state index contributed by atoms with van der Waals surface area (Å²) in [6.45, 7) is 1.53. The molecule has 0 aliphatic carbocycles. The van der Waals surface area contributed by atoms with Crippen molar-refractivity contribution in [1.29, 1.82) is 0 Å². The van der Waals surface area contributed by atoms with E-state index in [0.29, 0.717) is 19.7 Å². The van der Waals surface area contributed by atoms with E-state index in [-0.39, 0.29) is 5.91 Å². The smallest absolute Gasteiger partial charge is 0.240 e. The molecule has 0 heterocycles. The Morgan fingerprint density at radius 3 is 2.21 bits per heavy atom. The second kappa shape index (κ2) is 8.93. The molecule has 0 aliphatic heterocycles. The fourth-order valence-electron chi connectivity index (χ4n) is 2.20. The molecular formula is C19H24N2O3. The van der Waals surface area contributed by atoms with Gasteiger partial charge in [-0.15, -0.1) is 0 Å². The zero-order valence-electron chi connectivity index (χ0n) is 14.4. The lowest BCUT2D eigenvalue weighted by Crippen LogP contribution is -2.38. The molecule has 0 aliphatic rings. The average molecular weight is 328 g/mol. The number of para-hydroxylation sites is 1. The number of amides is 1. The van der Waals surface area contributed by atoms with E-state index in [1.807, 2.05) is 66.5 Å². The van der Waals surface area contributed by atoms with Crippen molar-refractivity contribution >= 4 is 11.6 Å². The molecule has 0 atom stereocenters. The summed E-state index contributed by atoms with van der Waals surface area (Å²) in [5, 5.41) is 0. The highest BCUT2D eigenvalue weighted by Gasteiger charge is 2.13. The maximum atomic E-state index is 12.3. The molecule has 0 radical (unpaired) electrons. The second-order valence-corrected chi connectivity index (χ2v) is 5.55. The molecule has 5 nitrogen and oxygen atoms in total. The Balaban J connectivity index is 1.74. The van der Waals surface area contributed by atoms with Gasteiger partial charge in [-0.3, -0.25) is 9.69 Å². The highest BCUT2D eigenvalue weighted by Crippen LogP contribution is 2.17. The summed E-state index contributed by atoms with van der Waals surface area (Å²) in [5.74, 6) is 1.64. The van der Waals surface area contributed by atoms with Crippen LogP contribution in [0.3, 0.4) is 0 Å². The van der Waals surface area contributed by atoms with E-state index in [1.54, 1.807) is 19.1 Å². The molecule has 128 valence electrons. The molecule has 0 fully saturated rings. The number of ether oxygens (including phenoxy) is 2. The minimum atomic E-state index is 0.0492. The van der Waals surface area contributed by atoms with E-state index in [2.05, 4.69) is 0 Å². The molecule has 0 saturated carbocycles. The van der Waals surface area contributed by atoms with Crippen LogP contribution in [0.2, 0.25) is 0 Å². The van der Waals surface area contributed by atoms with Crippen LogP contribution in [0.4, 0.5) is 5.69 Å². The molecule has 0 bridgehead atoms. The summed E-state index contributed by atoms with van der Waals surface area (Å²) in [6.07, 6.45) is 0. The van der Waals surface area contributed by atoms with E-state index in [0.717, 1.165) is 17.2 Å². The van der Waals surface area contributed by atoms with Gasteiger partial charge in [0.2, 0.25) is 5.91 Å². The number of hydrogen-bond acceptors (Lipinski definition) is 4. The van der Waals surface area contributed by atoms with Crippen molar-refractivity contribution in [3.05, 3.63) is 54.6 Å². The molecule has 0 unspecified atom stereocenters. The number of likely N-dealkylation sites (N-methyl/N-ethyl adjacent to an activating group) is 2. The van der Waals surface area contributed by atoms with Crippen LogP contribution < -0.4 is 14.4 Å². The predicted molar refractivity (Wildman–Crippen MR) is 95.8 cm³/mol. The number of rotatable bonds is 8. The van der Waals surface area contributed by atoms with E-state index in [1.165, 1.54) is 0 Å². The lowest BCUT2D eigenvalue weighted by molar-refractivity contribution is -0.119. The lowest BCUT2D eigenvalue weighted by Gasteiger charge is -2.22. The highest BCUT2D eigenvalue weighted by molar-refractivity contribution is 5.94. The van der Waals surface area contributed by atoms with E-state index in [4.69, 9.17) is 9.47 Å². The van der Waals surface area contributed by atoms with Crippen molar-refractivity contribution < 1.29 is 14.3 Å². The molecule has 1 amide bonds. The van der Waals surface area contributed by atoms with Crippen LogP contribution in [0.15, 0.2) is 54.6 Å². The number of hydrogen-bond donors (Lipinski definition) is 0. The Bertz CT molecular complexity index is 629. The minimum absolute atomic E-state index is 0.0492. The Kier molecular flexibility index (Phi) is 6.63. The third-order valence-corrected chi connectivity index (χ3v) is 3.72. The third kappa shape index (κ3) is 5.28. The summed E-state index contributed by atoms with van der Waals surface area (Å²) in [6, 6.07) is 17.1. The van der Waals surface area contributed by atoms with E-state index >= 15 is 0 Å². The van der Waals surface area contributed by atoms with Gasteiger partial charge in [0.15, 0.2) is 0 Å². The topological polar surface area (TPSA) is 42.0 Å². The minimum Gasteiger partial charge on any atom is -0.497 e. The fourth-order valence-corrected chi connectivity index (χ4v) is 2.20. The number of carbonyl (C=O) groups is 1. The van der Waals surface area contributed by atoms with Gasteiger partial charge < -0.3 is 14.4 Å². The Morgan fingerprint density at radius 1 is 0.958 bits per heavy atom. The molecule has 0 spiro atoms. The van der Waals surface area contributed by atoms with E-state index in [9.17, 15) is 4.79 Å². The maximum absolute atomic E-state index is 12.3. The van der Waals surface area contributed by atoms with Gasteiger partial charge in [0.1, 0.15) is 18.1 Å². The van der Waals surface area contributed by atoms with Crippen LogP contribution >= 0.6 is 0 Å². The quantitative estimate of drug-likeness (QED) is 0.747. The van der Waals surface area contributed by atoms with Gasteiger partial charge >= 0.3 is 0 Å². The van der Waals surface area contributed by atoms with Crippen LogP contribution in [0, 0.1) is 0 Å². The van der Waals surface area contributed by atoms with Crippen LogP contribution in [-0.4, -0.2) is 51.7 Å². The van der Waals surface area contributed by atoms with Crippen molar-refractivity contribution in [2.24, 2.45) is 0 Å². The Morgan fingerprint density at radius 2 is 1.58 bits per heavy atom. The first-order valence-corrected chi connectivity index (χ1v) is 7.87. The average Bonchev–Trinajstić information content (AvgIpc) is 2.62. The molecular weight excluding hydrogens is 304 g/mol. The first-order chi connectivity index (χ1) is 11.6. The third-order valence-electron chi connectivity index (χ3n) is 3.72. The first kappa shape index (κ1) is 17.8. The van der Waals surface area contributed by atoms with Crippen molar-refractivity contribution in [2.75, 3.05) is 45.8 Å². The molecule has 2 aromatic carbocycles. The molecule has 0 saturated heterocycles. The van der Waals surface area contributed by atoms with Crippen molar-refractivity contribution in [2.45, 2.75) is 0 Å². The highest BCUT2D eigenvalue weighted by atomic mass is 16.5.